The van der Waals surface area contributed by atoms with Crippen LogP contribution in [0.4, 0.5) is 4.39 Å². The lowest BCUT2D eigenvalue weighted by molar-refractivity contribution is -0.121. The van der Waals surface area contributed by atoms with Gasteiger partial charge in [0.2, 0.25) is 12.7 Å². The number of aromatic amines is 1. The van der Waals surface area contributed by atoms with Gasteiger partial charge < -0.3 is 19.8 Å². The summed E-state index contributed by atoms with van der Waals surface area (Å²) in [6.07, 6.45) is 3.15. The molecule has 2 N–H and O–H groups in total. The highest BCUT2D eigenvalue weighted by Crippen LogP contribution is 2.44. The van der Waals surface area contributed by atoms with Gasteiger partial charge in [-0.05, 0) is 41.3 Å². The van der Waals surface area contributed by atoms with E-state index in [2.05, 4.69) is 35.4 Å². The second-order valence-electron chi connectivity index (χ2n) is 8.18. The zero-order valence-electron chi connectivity index (χ0n) is 18.4. The molecular formula is C27H25FN2O3. The van der Waals surface area contributed by atoms with Crippen molar-refractivity contribution in [3.05, 3.63) is 94.9 Å². The minimum atomic E-state index is -0.295. The fraction of sp³-hybridized carbons (Fsp3) is 0.222. The molecule has 5 rings (SSSR count). The molecule has 0 aliphatic carbocycles. The van der Waals surface area contributed by atoms with Crippen LogP contribution in [-0.2, 0) is 17.8 Å². The van der Waals surface area contributed by atoms with Gasteiger partial charge in [-0.15, -0.1) is 0 Å². The van der Waals surface area contributed by atoms with Crippen molar-refractivity contribution in [3.8, 4) is 11.5 Å². The van der Waals surface area contributed by atoms with Gasteiger partial charge in [0.25, 0.3) is 0 Å². The maximum Gasteiger partial charge on any atom is 0.231 e. The second kappa shape index (κ2) is 8.98. The highest BCUT2D eigenvalue weighted by molar-refractivity contribution is 5.88. The van der Waals surface area contributed by atoms with Gasteiger partial charge in [0.15, 0.2) is 11.5 Å². The predicted molar refractivity (Wildman–Crippen MR) is 125 cm³/mol. The van der Waals surface area contributed by atoms with Crippen LogP contribution in [0.3, 0.4) is 0 Å². The number of halogens is 1. The van der Waals surface area contributed by atoms with E-state index in [0.29, 0.717) is 18.0 Å². The summed E-state index contributed by atoms with van der Waals surface area (Å²) in [6.45, 7) is 2.64. The zero-order valence-corrected chi connectivity index (χ0v) is 18.4. The van der Waals surface area contributed by atoms with E-state index in [1.165, 1.54) is 17.7 Å². The first kappa shape index (κ1) is 21.1. The number of amides is 1. The minimum absolute atomic E-state index is 0.0955. The van der Waals surface area contributed by atoms with Crippen molar-refractivity contribution in [1.29, 1.82) is 0 Å². The van der Waals surface area contributed by atoms with Crippen LogP contribution in [0, 0.1) is 5.82 Å². The summed E-state index contributed by atoms with van der Waals surface area (Å²) in [7, 11) is 0. The largest absolute Gasteiger partial charge is 0.454 e. The molecule has 4 aromatic rings. The van der Waals surface area contributed by atoms with Crippen LogP contribution in [0.1, 0.15) is 41.5 Å². The van der Waals surface area contributed by atoms with Crippen molar-refractivity contribution in [3.63, 3.8) is 0 Å². The molecule has 3 aromatic carbocycles. The van der Waals surface area contributed by atoms with E-state index in [4.69, 9.17) is 9.47 Å². The van der Waals surface area contributed by atoms with Crippen molar-refractivity contribution in [2.45, 2.75) is 32.2 Å². The molecule has 1 aliphatic rings. The highest BCUT2D eigenvalue weighted by atomic mass is 19.1. The lowest BCUT2D eigenvalue weighted by atomic mass is 9.86. The molecule has 0 saturated heterocycles. The van der Waals surface area contributed by atoms with Crippen LogP contribution in [-0.4, -0.2) is 17.7 Å². The first-order chi connectivity index (χ1) is 16.1. The van der Waals surface area contributed by atoms with E-state index in [9.17, 15) is 9.18 Å². The number of rotatable bonds is 7. The molecule has 1 aromatic heterocycles. The Labute approximate surface area is 191 Å². The predicted octanol–water partition coefficient (Wildman–Crippen LogP) is 5.44. The number of aryl methyl sites for hydroxylation is 1. The third-order valence-electron chi connectivity index (χ3n) is 6.19. The van der Waals surface area contributed by atoms with Gasteiger partial charge in [-0.3, -0.25) is 4.79 Å². The molecule has 0 saturated carbocycles. The van der Waals surface area contributed by atoms with E-state index in [1.807, 2.05) is 24.4 Å². The zero-order chi connectivity index (χ0) is 22.8. The maximum absolute atomic E-state index is 13.2. The van der Waals surface area contributed by atoms with Crippen LogP contribution in [0.2, 0.25) is 0 Å². The summed E-state index contributed by atoms with van der Waals surface area (Å²) < 4.78 is 24.6. The molecule has 1 aliphatic heterocycles. The minimum Gasteiger partial charge on any atom is -0.454 e. The van der Waals surface area contributed by atoms with Crippen molar-refractivity contribution in [1.82, 2.24) is 10.3 Å². The van der Waals surface area contributed by atoms with E-state index < -0.39 is 0 Å². The number of fused-ring (bicyclic) bond motifs is 2. The van der Waals surface area contributed by atoms with E-state index in [-0.39, 0.29) is 30.9 Å². The molecule has 168 valence electrons. The Morgan fingerprint density at radius 2 is 1.88 bits per heavy atom. The first-order valence-corrected chi connectivity index (χ1v) is 11.1. The molecule has 33 heavy (non-hydrogen) atoms. The van der Waals surface area contributed by atoms with Crippen LogP contribution in [0.15, 0.2) is 66.9 Å². The third kappa shape index (κ3) is 4.16. The smallest absolute Gasteiger partial charge is 0.231 e. The van der Waals surface area contributed by atoms with Crippen LogP contribution >= 0.6 is 0 Å². The number of hydrogen-bond donors (Lipinski definition) is 2. The maximum atomic E-state index is 13.2. The molecule has 1 amide bonds. The quantitative estimate of drug-likeness (QED) is 0.399. The van der Waals surface area contributed by atoms with E-state index in [1.54, 1.807) is 12.1 Å². The number of para-hydroxylation sites is 2. The van der Waals surface area contributed by atoms with E-state index >= 15 is 0 Å². The standard InChI is InChI=1S/C27H25FN2O3/c1-2-18-5-3-6-20-23(15-30-26(18)20)22(21-7-4-8-24-27(21)33-16-32-24)13-25(31)29-14-17-9-11-19(28)12-10-17/h3-12,15,22,30H,2,13-14,16H2,1H3,(H,29,31). The molecule has 0 spiro atoms. The number of carbonyl (C=O) groups is 1. The number of H-pyrrole nitrogens is 1. The Morgan fingerprint density at radius 3 is 2.70 bits per heavy atom. The molecule has 1 unspecified atom stereocenters. The Hall–Kier alpha value is -3.80. The number of benzene rings is 3. The summed E-state index contributed by atoms with van der Waals surface area (Å²) in [5.41, 5.74) is 5.14. The van der Waals surface area contributed by atoms with E-state index in [0.717, 1.165) is 34.0 Å². The number of nitrogens with one attached hydrogen (secondary N) is 2. The molecule has 0 fully saturated rings. The fourth-order valence-corrected chi connectivity index (χ4v) is 4.50. The summed E-state index contributed by atoms with van der Waals surface area (Å²) in [5.74, 6) is 0.766. The third-order valence-corrected chi connectivity index (χ3v) is 6.19. The lowest BCUT2D eigenvalue weighted by Crippen LogP contribution is -2.25. The van der Waals surface area contributed by atoms with Gasteiger partial charge in [0.1, 0.15) is 5.82 Å². The molecule has 6 heteroatoms. The molecular weight excluding hydrogens is 419 g/mol. The highest BCUT2D eigenvalue weighted by Gasteiger charge is 2.28. The Morgan fingerprint density at radius 1 is 1.06 bits per heavy atom. The van der Waals surface area contributed by atoms with Crippen molar-refractivity contribution in [2.24, 2.45) is 0 Å². The fourth-order valence-electron chi connectivity index (χ4n) is 4.50. The summed E-state index contributed by atoms with van der Waals surface area (Å²) in [6, 6.07) is 18.2. The Bertz CT molecular complexity index is 1300. The van der Waals surface area contributed by atoms with Crippen LogP contribution in [0.5, 0.6) is 11.5 Å². The van der Waals surface area contributed by atoms with Crippen molar-refractivity contribution < 1.29 is 18.7 Å². The van der Waals surface area contributed by atoms with Crippen LogP contribution < -0.4 is 14.8 Å². The van der Waals surface area contributed by atoms with Gasteiger partial charge >= 0.3 is 0 Å². The van der Waals surface area contributed by atoms with Gasteiger partial charge in [-0.2, -0.15) is 0 Å². The first-order valence-electron chi connectivity index (χ1n) is 11.1. The van der Waals surface area contributed by atoms with Gasteiger partial charge in [-0.1, -0.05) is 49.4 Å². The van der Waals surface area contributed by atoms with Gasteiger partial charge in [0.05, 0.1) is 0 Å². The number of hydrogen-bond acceptors (Lipinski definition) is 3. The topological polar surface area (TPSA) is 63.4 Å². The second-order valence-corrected chi connectivity index (χ2v) is 8.18. The normalized spacial score (nSPS) is 13.3. The Kier molecular flexibility index (Phi) is 5.73. The SMILES string of the molecule is CCc1cccc2c(C(CC(=O)NCc3ccc(F)cc3)c3cccc4c3OCO4)c[nH]c12. The number of aromatic nitrogens is 1. The summed E-state index contributed by atoms with van der Waals surface area (Å²) >= 11 is 0. The number of ether oxygens (including phenoxy) is 2. The number of carbonyl (C=O) groups excluding carboxylic acids is 1. The molecule has 0 radical (unpaired) electrons. The van der Waals surface area contributed by atoms with Gasteiger partial charge in [0, 0.05) is 41.5 Å². The molecule has 2 heterocycles. The monoisotopic (exact) mass is 444 g/mol. The van der Waals surface area contributed by atoms with Crippen LogP contribution in [0.25, 0.3) is 10.9 Å². The molecule has 1 atom stereocenters. The van der Waals surface area contributed by atoms with Crippen molar-refractivity contribution >= 4 is 16.8 Å². The lowest BCUT2D eigenvalue weighted by Gasteiger charge is -2.19. The molecule has 0 bridgehead atoms. The summed E-state index contributed by atoms with van der Waals surface area (Å²) in [4.78, 5) is 16.5. The Balaban J connectivity index is 1.48. The van der Waals surface area contributed by atoms with Crippen molar-refractivity contribution in [2.75, 3.05) is 6.79 Å². The average molecular weight is 445 g/mol. The summed E-state index contributed by atoms with van der Waals surface area (Å²) in [5, 5.41) is 4.07. The average Bonchev–Trinajstić information content (AvgIpc) is 3.49. The molecule has 5 nitrogen and oxygen atoms in total. The van der Waals surface area contributed by atoms with Gasteiger partial charge in [-0.25, -0.2) is 4.39 Å².